The molecular formula is C21H32O3. The van der Waals surface area contributed by atoms with Crippen molar-refractivity contribution in [3.05, 3.63) is 24.3 Å². The molecule has 2 aliphatic rings. The number of rotatable bonds is 5. The largest absolute Gasteiger partial charge is 0.466 e. The lowest BCUT2D eigenvalue weighted by atomic mass is 9.55. The molecule has 0 aromatic rings. The molecule has 1 unspecified atom stereocenters. The van der Waals surface area contributed by atoms with E-state index in [1.54, 1.807) is 12.2 Å². The number of esters is 1. The average molecular weight is 332 g/mol. The van der Waals surface area contributed by atoms with Gasteiger partial charge < -0.3 is 4.74 Å². The van der Waals surface area contributed by atoms with Crippen molar-refractivity contribution < 1.29 is 14.3 Å². The van der Waals surface area contributed by atoms with Crippen LogP contribution in [0.2, 0.25) is 0 Å². The highest BCUT2D eigenvalue weighted by molar-refractivity contribution is 5.92. The lowest BCUT2D eigenvalue weighted by Gasteiger charge is -2.50. The number of allylic oxidation sites excluding steroid dienone is 3. The Kier molecular flexibility index (Phi) is 6.06. The minimum atomic E-state index is -0.286. The van der Waals surface area contributed by atoms with Crippen LogP contribution in [-0.4, -0.2) is 18.9 Å². The Bertz CT molecular complexity index is 529. The molecule has 134 valence electrons. The van der Waals surface area contributed by atoms with Gasteiger partial charge in [0, 0.05) is 12.0 Å². The SMILES string of the molecule is COC(=O)/C=C/[C@@]1(C)CCCC(C)(C)[C@@H]1CCC1CCC=CC1=O. The van der Waals surface area contributed by atoms with E-state index in [0.29, 0.717) is 11.7 Å². The summed E-state index contributed by atoms with van der Waals surface area (Å²) >= 11 is 0. The second-order valence-corrected chi connectivity index (χ2v) is 8.41. The predicted octanol–water partition coefficient (Wildman–Crippen LogP) is 4.86. The monoisotopic (exact) mass is 332 g/mol. The second-order valence-electron chi connectivity index (χ2n) is 8.41. The maximum atomic E-state index is 12.1. The molecule has 0 N–H and O–H groups in total. The number of ether oxygens (including phenoxy) is 1. The summed E-state index contributed by atoms with van der Waals surface area (Å²) in [6, 6.07) is 0. The standard InChI is InChI=1S/C21H32O3/c1-20(2)13-7-14-21(3,15-12-19(23)24-4)18(20)11-10-16-8-5-6-9-17(16)22/h6,9,12,15-16,18H,5,7-8,10-11,13-14H2,1-4H3/b15-12+/t16?,18-,21+/m0/s1. The molecular weight excluding hydrogens is 300 g/mol. The lowest BCUT2D eigenvalue weighted by molar-refractivity contribution is -0.135. The molecule has 3 atom stereocenters. The molecule has 3 heteroatoms. The summed E-state index contributed by atoms with van der Waals surface area (Å²) < 4.78 is 4.76. The van der Waals surface area contributed by atoms with E-state index in [-0.39, 0.29) is 22.7 Å². The molecule has 0 spiro atoms. The highest BCUT2D eigenvalue weighted by Gasteiger charge is 2.45. The third-order valence-electron chi connectivity index (χ3n) is 6.25. The number of hydrogen-bond donors (Lipinski definition) is 0. The Morgan fingerprint density at radius 3 is 2.71 bits per heavy atom. The Morgan fingerprint density at radius 1 is 1.29 bits per heavy atom. The quantitative estimate of drug-likeness (QED) is 0.533. The van der Waals surface area contributed by atoms with Crippen molar-refractivity contribution in [1.29, 1.82) is 0 Å². The molecule has 1 fully saturated rings. The van der Waals surface area contributed by atoms with Crippen molar-refractivity contribution in [3.8, 4) is 0 Å². The summed E-state index contributed by atoms with van der Waals surface area (Å²) in [6.45, 7) is 6.94. The first kappa shape index (κ1) is 19.0. The Labute approximate surface area is 146 Å². The van der Waals surface area contributed by atoms with Crippen LogP contribution in [0.3, 0.4) is 0 Å². The first-order valence-corrected chi connectivity index (χ1v) is 9.26. The first-order valence-electron chi connectivity index (χ1n) is 9.26. The van der Waals surface area contributed by atoms with E-state index < -0.39 is 0 Å². The van der Waals surface area contributed by atoms with E-state index in [9.17, 15) is 9.59 Å². The fraction of sp³-hybridized carbons (Fsp3) is 0.714. The summed E-state index contributed by atoms with van der Waals surface area (Å²) in [5.74, 6) is 0.660. The zero-order valence-electron chi connectivity index (χ0n) is 15.6. The van der Waals surface area contributed by atoms with Crippen LogP contribution in [0.5, 0.6) is 0 Å². The van der Waals surface area contributed by atoms with Gasteiger partial charge in [0.2, 0.25) is 0 Å². The third kappa shape index (κ3) is 4.37. The topological polar surface area (TPSA) is 43.4 Å². The lowest BCUT2D eigenvalue weighted by Crippen LogP contribution is -2.41. The van der Waals surface area contributed by atoms with Gasteiger partial charge in [-0.25, -0.2) is 4.79 Å². The molecule has 0 radical (unpaired) electrons. The Hall–Kier alpha value is -1.38. The molecule has 0 saturated heterocycles. The summed E-state index contributed by atoms with van der Waals surface area (Å²) in [6.07, 6.45) is 14.9. The van der Waals surface area contributed by atoms with E-state index >= 15 is 0 Å². The maximum absolute atomic E-state index is 12.1. The summed E-state index contributed by atoms with van der Waals surface area (Å²) in [5.41, 5.74) is 0.213. The highest BCUT2D eigenvalue weighted by atomic mass is 16.5. The smallest absolute Gasteiger partial charge is 0.330 e. The van der Waals surface area contributed by atoms with Gasteiger partial charge in [-0.3, -0.25) is 4.79 Å². The average Bonchev–Trinajstić information content (AvgIpc) is 2.53. The number of carbonyl (C=O) groups is 2. The number of carbonyl (C=O) groups excluding carboxylic acids is 2. The van der Waals surface area contributed by atoms with Crippen LogP contribution in [0.25, 0.3) is 0 Å². The van der Waals surface area contributed by atoms with Gasteiger partial charge in [0.1, 0.15) is 0 Å². The Balaban J connectivity index is 2.13. The fourth-order valence-electron chi connectivity index (χ4n) is 4.84. The van der Waals surface area contributed by atoms with E-state index in [2.05, 4.69) is 26.8 Å². The van der Waals surface area contributed by atoms with Crippen molar-refractivity contribution in [1.82, 2.24) is 0 Å². The second kappa shape index (κ2) is 7.67. The van der Waals surface area contributed by atoms with E-state index in [1.165, 1.54) is 20.0 Å². The molecule has 0 bridgehead atoms. The molecule has 3 nitrogen and oxygen atoms in total. The van der Waals surface area contributed by atoms with Crippen molar-refractivity contribution in [2.24, 2.45) is 22.7 Å². The fourth-order valence-corrected chi connectivity index (χ4v) is 4.84. The van der Waals surface area contributed by atoms with E-state index in [4.69, 9.17) is 4.74 Å². The van der Waals surface area contributed by atoms with Crippen LogP contribution in [-0.2, 0) is 14.3 Å². The number of methoxy groups -OCH3 is 1. The van der Waals surface area contributed by atoms with Gasteiger partial charge in [-0.05, 0) is 61.3 Å². The van der Waals surface area contributed by atoms with Gasteiger partial charge in [-0.2, -0.15) is 0 Å². The van der Waals surface area contributed by atoms with Gasteiger partial charge in [0.15, 0.2) is 5.78 Å². The van der Waals surface area contributed by atoms with Crippen LogP contribution in [0.15, 0.2) is 24.3 Å². The molecule has 24 heavy (non-hydrogen) atoms. The van der Waals surface area contributed by atoms with Crippen LogP contribution in [0, 0.1) is 22.7 Å². The van der Waals surface area contributed by atoms with Crippen molar-refractivity contribution in [3.63, 3.8) is 0 Å². The minimum Gasteiger partial charge on any atom is -0.466 e. The normalized spacial score (nSPS) is 32.9. The zero-order chi connectivity index (χ0) is 17.8. The Morgan fingerprint density at radius 2 is 2.04 bits per heavy atom. The van der Waals surface area contributed by atoms with Crippen molar-refractivity contribution in [2.75, 3.05) is 7.11 Å². The molecule has 0 amide bonds. The van der Waals surface area contributed by atoms with Gasteiger partial charge in [0.25, 0.3) is 0 Å². The maximum Gasteiger partial charge on any atom is 0.330 e. The van der Waals surface area contributed by atoms with Crippen LogP contribution < -0.4 is 0 Å². The van der Waals surface area contributed by atoms with E-state index in [0.717, 1.165) is 32.1 Å². The molecule has 2 rings (SSSR count). The van der Waals surface area contributed by atoms with Crippen molar-refractivity contribution in [2.45, 2.75) is 65.7 Å². The van der Waals surface area contributed by atoms with Crippen LogP contribution in [0.1, 0.15) is 65.7 Å². The number of ketones is 1. The third-order valence-corrected chi connectivity index (χ3v) is 6.25. The minimum absolute atomic E-state index is 0.0104. The van der Waals surface area contributed by atoms with Gasteiger partial charge in [-0.15, -0.1) is 0 Å². The van der Waals surface area contributed by atoms with Gasteiger partial charge in [-0.1, -0.05) is 39.3 Å². The highest BCUT2D eigenvalue weighted by Crippen LogP contribution is 2.54. The van der Waals surface area contributed by atoms with Crippen molar-refractivity contribution >= 4 is 11.8 Å². The summed E-state index contributed by atoms with van der Waals surface area (Å²) in [5, 5.41) is 0. The predicted molar refractivity (Wildman–Crippen MR) is 96.5 cm³/mol. The molecule has 0 aromatic carbocycles. The van der Waals surface area contributed by atoms with Crippen LogP contribution in [0.4, 0.5) is 0 Å². The molecule has 0 aliphatic heterocycles. The molecule has 2 aliphatic carbocycles. The zero-order valence-corrected chi connectivity index (χ0v) is 15.6. The summed E-state index contributed by atoms with van der Waals surface area (Å²) in [7, 11) is 1.42. The van der Waals surface area contributed by atoms with Gasteiger partial charge in [0.05, 0.1) is 7.11 Å². The molecule has 1 saturated carbocycles. The molecule has 0 heterocycles. The van der Waals surface area contributed by atoms with Gasteiger partial charge >= 0.3 is 5.97 Å². The first-order chi connectivity index (χ1) is 11.3. The molecule has 0 aromatic heterocycles. The van der Waals surface area contributed by atoms with E-state index in [1.807, 2.05) is 6.08 Å². The number of hydrogen-bond acceptors (Lipinski definition) is 3. The summed E-state index contributed by atoms with van der Waals surface area (Å²) in [4.78, 5) is 23.6. The van der Waals surface area contributed by atoms with Crippen LogP contribution >= 0.6 is 0 Å².